The smallest absolute Gasteiger partial charge is 0.258 e. The van der Waals surface area contributed by atoms with E-state index in [-0.39, 0.29) is 17.3 Å². The first-order valence-corrected chi connectivity index (χ1v) is 11.0. The predicted molar refractivity (Wildman–Crippen MR) is 122 cm³/mol. The SMILES string of the molecule is COc1cc2nc(CN3CCCC(c4nc(-c5cccc(F)c5)no4)C3)[nH]c(=O)c2cc1OC. The summed E-state index contributed by atoms with van der Waals surface area (Å²) >= 11 is 0. The summed E-state index contributed by atoms with van der Waals surface area (Å²) in [7, 11) is 3.07. The molecule has 1 saturated heterocycles. The van der Waals surface area contributed by atoms with Crippen molar-refractivity contribution < 1.29 is 18.4 Å². The molecule has 1 unspecified atom stereocenters. The molecule has 0 aliphatic carbocycles. The Balaban J connectivity index is 1.34. The molecule has 0 radical (unpaired) electrons. The monoisotopic (exact) mass is 465 g/mol. The average molecular weight is 465 g/mol. The van der Waals surface area contributed by atoms with E-state index in [1.54, 1.807) is 31.4 Å². The number of methoxy groups -OCH3 is 2. The standard InChI is InChI=1S/C24H24FN5O4/c1-32-19-10-17-18(11-20(19)33-2)26-21(27-23(17)31)13-30-8-4-6-15(12-30)24-28-22(29-34-24)14-5-3-7-16(25)9-14/h3,5,7,9-11,15H,4,6,8,12-13H2,1-2H3,(H,26,27,31). The first kappa shape index (κ1) is 22.0. The Labute approximate surface area is 194 Å². The third-order valence-corrected chi connectivity index (χ3v) is 6.01. The van der Waals surface area contributed by atoms with Gasteiger partial charge >= 0.3 is 0 Å². The zero-order valence-electron chi connectivity index (χ0n) is 18.9. The molecule has 0 amide bonds. The number of H-pyrrole nitrogens is 1. The van der Waals surface area contributed by atoms with Crippen LogP contribution in [0, 0.1) is 5.82 Å². The second-order valence-corrected chi connectivity index (χ2v) is 8.28. The van der Waals surface area contributed by atoms with E-state index in [0.29, 0.717) is 58.6 Å². The molecule has 1 fully saturated rings. The van der Waals surface area contributed by atoms with Crippen molar-refractivity contribution in [2.45, 2.75) is 25.3 Å². The maximum absolute atomic E-state index is 13.5. The third kappa shape index (κ3) is 4.36. The number of nitrogens with zero attached hydrogens (tertiary/aromatic N) is 4. The summed E-state index contributed by atoms with van der Waals surface area (Å²) in [5.41, 5.74) is 0.889. The second kappa shape index (κ2) is 9.22. The van der Waals surface area contributed by atoms with Gasteiger partial charge in [0.2, 0.25) is 11.7 Å². The number of nitrogens with one attached hydrogen (secondary N) is 1. The molecule has 1 N–H and O–H groups in total. The van der Waals surface area contributed by atoms with E-state index in [9.17, 15) is 9.18 Å². The van der Waals surface area contributed by atoms with Gasteiger partial charge in [0.15, 0.2) is 11.5 Å². The van der Waals surface area contributed by atoms with E-state index in [1.165, 1.54) is 19.2 Å². The van der Waals surface area contributed by atoms with Crippen molar-refractivity contribution in [2.24, 2.45) is 0 Å². The van der Waals surface area contributed by atoms with Crippen LogP contribution in [0.3, 0.4) is 0 Å². The lowest BCUT2D eigenvalue weighted by Gasteiger charge is -2.30. The van der Waals surface area contributed by atoms with Crippen molar-refractivity contribution in [1.29, 1.82) is 0 Å². The molecule has 0 saturated carbocycles. The van der Waals surface area contributed by atoms with Gasteiger partial charge in [0.05, 0.1) is 37.6 Å². The van der Waals surface area contributed by atoms with Gasteiger partial charge in [0.25, 0.3) is 5.56 Å². The molecule has 34 heavy (non-hydrogen) atoms. The number of hydrogen-bond acceptors (Lipinski definition) is 8. The van der Waals surface area contributed by atoms with Crippen LogP contribution in [0.1, 0.15) is 30.5 Å². The van der Waals surface area contributed by atoms with Gasteiger partial charge in [-0.1, -0.05) is 17.3 Å². The number of halogens is 1. The molecular formula is C24H24FN5O4. The number of aromatic nitrogens is 4. The Morgan fingerprint density at radius 3 is 2.79 bits per heavy atom. The van der Waals surface area contributed by atoms with Crippen LogP contribution in [-0.2, 0) is 6.54 Å². The maximum atomic E-state index is 13.5. The molecule has 4 aromatic rings. The lowest BCUT2D eigenvalue weighted by molar-refractivity contribution is 0.177. The molecule has 1 atom stereocenters. The van der Waals surface area contributed by atoms with Crippen molar-refractivity contribution in [3.63, 3.8) is 0 Å². The molecule has 176 valence electrons. The Bertz CT molecular complexity index is 1390. The van der Waals surface area contributed by atoms with Gasteiger partial charge < -0.3 is 19.0 Å². The molecule has 1 aliphatic heterocycles. The van der Waals surface area contributed by atoms with E-state index in [2.05, 4.69) is 25.0 Å². The number of benzene rings is 2. The number of ether oxygens (including phenoxy) is 2. The lowest BCUT2D eigenvalue weighted by atomic mass is 9.98. The molecule has 1 aliphatic rings. The summed E-state index contributed by atoms with van der Waals surface area (Å²) in [5.74, 6) is 2.16. The molecule has 9 nitrogen and oxygen atoms in total. The van der Waals surface area contributed by atoms with Crippen molar-refractivity contribution in [3.05, 3.63) is 64.3 Å². The fourth-order valence-corrected chi connectivity index (χ4v) is 4.35. The zero-order valence-corrected chi connectivity index (χ0v) is 18.9. The quantitative estimate of drug-likeness (QED) is 0.461. The molecular weight excluding hydrogens is 441 g/mol. The van der Waals surface area contributed by atoms with Crippen LogP contribution < -0.4 is 15.0 Å². The van der Waals surface area contributed by atoms with Gasteiger partial charge in [-0.05, 0) is 37.6 Å². The average Bonchev–Trinajstić information content (AvgIpc) is 3.34. The van der Waals surface area contributed by atoms with Gasteiger partial charge in [0, 0.05) is 18.2 Å². The highest BCUT2D eigenvalue weighted by molar-refractivity contribution is 5.81. The summed E-state index contributed by atoms with van der Waals surface area (Å²) in [5, 5.41) is 4.47. The summed E-state index contributed by atoms with van der Waals surface area (Å²) in [4.78, 5) is 26.9. The highest BCUT2D eigenvalue weighted by Gasteiger charge is 2.27. The molecule has 0 spiro atoms. The van der Waals surface area contributed by atoms with E-state index in [0.717, 1.165) is 19.4 Å². The summed E-state index contributed by atoms with van der Waals surface area (Å²) < 4.78 is 29.7. The highest BCUT2D eigenvalue weighted by Crippen LogP contribution is 2.31. The number of hydrogen-bond donors (Lipinski definition) is 1. The predicted octanol–water partition coefficient (Wildman–Crippen LogP) is 3.51. The Kier molecular flexibility index (Phi) is 5.97. The number of likely N-dealkylation sites (tertiary alicyclic amines) is 1. The summed E-state index contributed by atoms with van der Waals surface area (Å²) in [6.07, 6.45) is 1.84. The minimum absolute atomic E-state index is 0.0418. The van der Waals surface area contributed by atoms with Crippen molar-refractivity contribution in [3.8, 4) is 22.9 Å². The Morgan fingerprint density at radius 1 is 1.18 bits per heavy atom. The van der Waals surface area contributed by atoms with Crippen LogP contribution in [0.2, 0.25) is 0 Å². The number of piperidine rings is 1. The molecule has 0 bridgehead atoms. The summed E-state index contributed by atoms with van der Waals surface area (Å²) in [6.45, 7) is 2.01. The maximum Gasteiger partial charge on any atom is 0.258 e. The molecule has 3 heterocycles. The molecule has 10 heteroatoms. The minimum Gasteiger partial charge on any atom is -0.493 e. The van der Waals surface area contributed by atoms with Crippen LogP contribution >= 0.6 is 0 Å². The van der Waals surface area contributed by atoms with Gasteiger partial charge in [-0.15, -0.1) is 0 Å². The van der Waals surface area contributed by atoms with Crippen molar-refractivity contribution >= 4 is 10.9 Å². The van der Waals surface area contributed by atoms with Crippen LogP contribution in [-0.4, -0.2) is 52.3 Å². The first-order chi connectivity index (χ1) is 16.5. The zero-order chi connectivity index (χ0) is 23.7. The Morgan fingerprint density at radius 2 is 2.00 bits per heavy atom. The first-order valence-electron chi connectivity index (χ1n) is 11.0. The van der Waals surface area contributed by atoms with Gasteiger partial charge in [-0.25, -0.2) is 9.37 Å². The minimum atomic E-state index is -0.347. The van der Waals surface area contributed by atoms with Gasteiger partial charge in [-0.3, -0.25) is 9.69 Å². The van der Waals surface area contributed by atoms with Crippen LogP contribution in [0.25, 0.3) is 22.3 Å². The van der Waals surface area contributed by atoms with E-state index in [1.807, 2.05) is 0 Å². The summed E-state index contributed by atoms with van der Waals surface area (Å²) in [6, 6.07) is 9.46. The largest absolute Gasteiger partial charge is 0.493 e. The lowest BCUT2D eigenvalue weighted by Crippen LogP contribution is -2.35. The van der Waals surface area contributed by atoms with Crippen LogP contribution in [0.15, 0.2) is 45.7 Å². The molecule has 5 rings (SSSR count). The van der Waals surface area contributed by atoms with Crippen LogP contribution in [0.4, 0.5) is 4.39 Å². The number of fused-ring (bicyclic) bond motifs is 1. The van der Waals surface area contributed by atoms with E-state index >= 15 is 0 Å². The molecule has 2 aromatic heterocycles. The second-order valence-electron chi connectivity index (χ2n) is 8.28. The van der Waals surface area contributed by atoms with Crippen LogP contribution in [0.5, 0.6) is 11.5 Å². The third-order valence-electron chi connectivity index (χ3n) is 6.01. The Hall–Kier alpha value is -3.79. The van der Waals surface area contributed by atoms with Crippen molar-refractivity contribution in [1.82, 2.24) is 25.0 Å². The van der Waals surface area contributed by atoms with Crippen molar-refractivity contribution in [2.75, 3.05) is 27.3 Å². The van der Waals surface area contributed by atoms with E-state index < -0.39 is 0 Å². The topological polar surface area (TPSA) is 106 Å². The van der Waals surface area contributed by atoms with Gasteiger partial charge in [0.1, 0.15) is 11.6 Å². The molecule has 2 aromatic carbocycles. The number of aromatic amines is 1. The normalized spacial score (nSPS) is 16.6. The fraction of sp³-hybridized carbons (Fsp3) is 0.333. The fourth-order valence-electron chi connectivity index (χ4n) is 4.35. The van der Waals surface area contributed by atoms with E-state index in [4.69, 9.17) is 14.0 Å². The number of rotatable bonds is 6. The highest BCUT2D eigenvalue weighted by atomic mass is 19.1. The van der Waals surface area contributed by atoms with Gasteiger partial charge in [-0.2, -0.15) is 4.98 Å².